The maximum atomic E-state index is 12.4. The van der Waals surface area contributed by atoms with Crippen molar-refractivity contribution in [2.75, 3.05) is 18.9 Å². The molecule has 1 aliphatic heterocycles. The highest BCUT2D eigenvalue weighted by Gasteiger charge is 2.57. The Hall–Kier alpha value is -2.45. The largest absolute Gasteiger partial charge is 0.458 e. The summed E-state index contributed by atoms with van der Waals surface area (Å²) in [5.41, 5.74) is 6.30. The molecule has 1 aromatic heterocycles. The number of cyclic esters (lactones) is 1. The van der Waals surface area contributed by atoms with Crippen molar-refractivity contribution >= 4 is 11.8 Å². The lowest BCUT2D eigenvalue weighted by Crippen LogP contribution is -2.57. The molecule has 3 aliphatic rings. The van der Waals surface area contributed by atoms with Gasteiger partial charge in [0.15, 0.2) is 0 Å². The molecule has 8 heteroatoms. The van der Waals surface area contributed by atoms with E-state index in [-0.39, 0.29) is 35.6 Å². The first-order chi connectivity index (χ1) is 15.2. The van der Waals surface area contributed by atoms with Crippen molar-refractivity contribution in [1.82, 2.24) is 9.55 Å². The number of rotatable bonds is 6. The number of allylic oxidation sites excluding steroid dienone is 2. The average molecular weight is 444 g/mol. The molecule has 4 N–H and O–H groups in total. The summed E-state index contributed by atoms with van der Waals surface area (Å²) in [7, 11) is 0. The van der Waals surface area contributed by atoms with Crippen LogP contribution in [0.4, 0.5) is 5.82 Å². The van der Waals surface area contributed by atoms with Gasteiger partial charge in [-0.25, -0.2) is 9.59 Å². The van der Waals surface area contributed by atoms with Gasteiger partial charge in [-0.3, -0.25) is 4.57 Å². The second kappa shape index (κ2) is 8.48. The molecule has 2 aliphatic carbocycles. The summed E-state index contributed by atoms with van der Waals surface area (Å²) >= 11 is 0. The number of aliphatic hydroxyl groups is 2. The van der Waals surface area contributed by atoms with Crippen molar-refractivity contribution < 1.29 is 19.7 Å². The molecular weight excluding hydrogens is 410 g/mol. The molecule has 1 aromatic rings. The Morgan fingerprint density at radius 1 is 1.31 bits per heavy atom. The molecule has 1 fully saturated rings. The highest BCUT2D eigenvalue weighted by molar-refractivity contribution is 5.90. The zero-order valence-corrected chi connectivity index (χ0v) is 18.8. The summed E-state index contributed by atoms with van der Waals surface area (Å²) in [4.78, 5) is 28.3. The molecule has 2 heterocycles. The van der Waals surface area contributed by atoms with Crippen molar-refractivity contribution in [1.29, 1.82) is 0 Å². The number of fused-ring (bicyclic) bond motifs is 1. The number of esters is 1. The summed E-state index contributed by atoms with van der Waals surface area (Å²) in [6.45, 7) is 4.86. The van der Waals surface area contributed by atoms with E-state index in [9.17, 15) is 19.8 Å². The van der Waals surface area contributed by atoms with E-state index in [4.69, 9.17) is 10.5 Å². The van der Waals surface area contributed by atoms with Crippen molar-refractivity contribution in [2.24, 2.45) is 22.7 Å². The SMILES string of the molecule is C[C@]1(CO)[C@H]2CC=C(Cn3ccc(N)nc3=O)[C@@H](CCC3=CCOC3=O)[C@]2(C)CC[C@H]1O. The van der Waals surface area contributed by atoms with Gasteiger partial charge < -0.3 is 20.7 Å². The van der Waals surface area contributed by atoms with E-state index in [2.05, 4.69) is 18.0 Å². The second-order valence-corrected chi connectivity index (χ2v) is 9.97. The number of nitrogen functional groups attached to an aromatic ring is 1. The van der Waals surface area contributed by atoms with E-state index in [0.29, 0.717) is 31.6 Å². The number of carbonyl (C=O) groups excluding carboxylic acids is 1. The number of ether oxygens (including phenoxy) is 1. The predicted octanol–water partition coefficient (Wildman–Crippen LogP) is 1.81. The van der Waals surface area contributed by atoms with Crippen LogP contribution in [0.5, 0.6) is 0 Å². The summed E-state index contributed by atoms with van der Waals surface area (Å²) in [6, 6.07) is 1.61. The van der Waals surface area contributed by atoms with Crippen LogP contribution in [0.15, 0.2) is 40.4 Å². The van der Waals surface area contributed by atoms with Gasteiger partial charge in [0.05, 0.1) is 12.7 Å². The van der Waals surface area contributed by atoms with Gasteiger partial charge in [0.25, 0.3) is 0 Å². The van der Waals surface area contributed by atoms with E-state index in [0.717, 1.165) is 24.8 Å². The number of nitrogens with two attached hydrogens (primary N) is 1. The Morgan fingerprint density at radius 2 is 2.09 bits per heavy atom. The zero-order valence-electron chi connectivity index (χ0n) is 18.8. The summed E-state index contributed by atoms with van der Waals surface area (Å²) in [6.07, 6.45) is 8.58. The van der Waals surface area contributed by atoms with E-state index < -0.39 is 17.2 Å². The minimum Gasteiger partial charge on any atom is -0.458 e. The topological polar surface area (TPSA) is 128 Å². The molecule has 0 unspecified atom stereocenters. The van der Waals surface area contributed by atoms with Crippen LogP contribution in [0.2, 0.25) is 0 Å². The summed E-state index contributed by atoms with van der Waals surface area (Å²) < 4.78 is 6.63. The lowest BCUT2D eigenvalue weighted by atomic mass is 9.47. The van der Waals surface area contributed by atoms with Crippen LogP contribution in [0.1, 0.15) is 46.0 Å². The highest BCUT2D eigenvalue weighted by Crippen LogP contribution is 2.60. The lowest BCUT2D eigenvalue weighted by molar-refractivity contribution is -0.145. The van der Waals surface area contributed by atoms with Gasteiger partial charge in [-0.2, -0.15) is 4.98 Å². The molecule has 0 amide bonds. The van der Waals surface area contributed by atoms with Gasteiger partial charge in [-0.05, 0) is 61.5 Å². The molecule has 1 saturated carbocycles. The predicted molar refractivity (Wildman–Crippen MR) is 119 cm³/mol. The number of hydrogen-bond donors (Lipinski definition) is 3. The van der Waals surface area contributed by atoms with Crippen LogP contribution < -0.4 is 11.4 Å². The van der Waals surface area contributed by atoms with Crippen LogP contribution in [-0.4, -0.2) is 45.1 Å². The van der Waals surface area contributed by atoms with E-state index in [1.165, 1.54) is 0 Å². The second-order valence-electron chi connectivity index (χ2n) is 9.97. The average Bonchev–Trinajstić information content (AvgIpc) is 3.17. The van der Waals surface area contributed by atoms with E-state index in [1.54, 1.807) is 16.8 Å². The summed E-state index contributed by atoms with van der Waals surface area (Å²) in [5, 5.41) is 21.0. The molecule has 0 aromatic carbocycles. The fraction of sp³-hybridized carbons (Fsp3) is 0.625. The standard InChI is InChI=1S/C24H33N3O5/c1-23-10-7-19(29)24(2,14-28)18(23)6-4-16(13-27-11-8-20(25)26-22(27)31)17(23)5-3-15-9-12-32-21(15)30/h4,8-9,11,17-19,28-29H,3,5-7,10,12-14H2,1-2H3,(H2,25,26,31)/t17-,18+,19-,23+,24+/m1/s1. The third-order valence-corrected chi connectivity index (χ3v) is 8.27. The van der Waals surface area contributed by atoms with E-state index in [1.807, 2.05) is 13.0 Å². The van der Waals surface area contributed by atoms with Crippen molar-refractivity contribution in [2.45, 2.75) is 58.6 Å². The van der Waals surface area contributed by atoms with Crippen LogP contribution in [0.3, 0.4) is 0 Å². The smallest absolute Gasteiger partial charge is 0.349 e. The van der Waals surface area contributed by atoms with Crippen LogP contribution in [0, 0.1) is 22.7 Å². The Morgan fingerprint density at radius 3 is 2.75 bits per heavy atom. The van der Waals surface area contributed by atoms with Gasteiger partial charge >= 0.3 is 11.7 Å². The highest BCUT2D eigenvalue weighted by atomic mass is 16.5. The van der Waals surface area contributed by atoms with Crippen molar-refractivity contribution in [3.8, 4) is 0 Å². The number of hydrogen-bond acceptors (Lipinski definition) is 7. The molecule has 0 spiro atoms. The minimum atomic E-state index is -0.599. The monoisotopic (exact) mass is 443 g/mol. The molecule has 5 atom stereocenters. The Bertz CT molecular complexity index is 1020. The quantitative estimate of drug-likeness (QED) is 0.452. The maximum Gasteiger partial charge on any atom is 0.349 e. The molecule has 0 saturated heterocycles. The molecule has 0 radical (unpaired) electrons. The lowest BCUT2D eigenvalue weighted by Gasteiger charge is -2.59. The first kappa shape index (κ1) is 22.7. The first-order valence-corrected chi connectivity index (χ1v) is 11.4. The van der Waals surface area contributed by atoms with E-state index >= 15 is 0 Å². The molecule has 32 heavy (non-hydrogen) atoms. The first-order valence-electron chi connectivity index (χ1n) is 11.4. The minimum absolute atomic E-state index is 0.0802. The summed E-state index contributed by atoms with van der Waals surface area (Å²) in [5.74, 6) is 0.104. The third-order valence-electron chi connectivity index (χ3n) is 8.27. The Balaban J connectivity index is 1.69. The number of nitrogens with zero attached hydrogens (tertiary/aromatic N) is 2. The van der Waals surface area contributed by atoms with Crippen LogP contribution >= 0.6 is 0 Å². The van der Waals surface area contributed by atoms with Crippen LogP contribution in [0.25, 0.3) is 0 Å². The van der Waals surface area contributed by atoms with Gasteiger partial charge in [-0.1, -0.05) is 25.5 Å². The molecule has 8 nitrogen and oxygen atoms in total. The Kier molecular flexibility index (Phi) is 6.02. The Labute approximate surface area is 187 Å². The molecule has 0 bridgehead atoms. The number of anilines is 1. The van der Waals surface area contributed by atoms with Gasteiger partial charge in [0, 0.05) is 23.7 Å². The fourth-order valence-electron chi connectivity index (χ4n) is 6.29. The fourth-order valence-corrected chi connectivity index (χ4v) is 6.29. The van der Waals surface area contributed by atoms with Gasteiger partial charge in [-0.15, -0.1) is 0 Å². The van der Waals surface area contributed by atoms with Crippen molar-refractivity contribution in [3.05, 3.63) is 46.0 Å². The number of aromatic nitrogens is 2. The molecule has 174 valence electrons. The number of carbonyl (C=O) groups is 1. The molecule has 4 rings (SSSR count). The van der Waals surface area contributed by atoms with Crippen LogP contribution in [-0.2, 0) is 16.1 Å². The normalized spacial score (nSPS) is 34.5. The third kappa shape index (κ3) is 3.79. The molecular formula is C24H33N3O5. The number of aliphatic hydroxyl groups excluding tert-OH is 2. The van der Waals surface area contributed by atoms with Gasteiger partial charge in [0.2, 0.25) is 0 Å². The zero-order chi connectivity index (χ0) is 23.1. The van der Waals surface area contributed by atoms with Crippen molar-refractivity contribution in [3.63, 3.8) is 0 Å². The van der Waals surface area contributed by atoms with Gasteiger partial charge in [0.1, 0.15) is 12.4 Å². The maximum absolute atomic E-state index is 12.4.